The smallest absolute Gasteiger partial charge is 0.294 e. The maximum absolute atomic E-state index is 12.3. The summed E-state index contributed by atoms with van der Waals surface area (Å²) in [5.74, 6) is -0.622. The van der Waals surface area contributed by atoms with E-state index >= 15 is 0 Å². The highest BCUT2D eigenvalue weighted by Gasteiger charge is 2.37. The third-order valence-corrected chi connectivity index (χ3v) is 5.30. The molecule has 23 heavy (non-hydrogen) atoms. The molecule has 2 aliphatic rings. The van der Waals surface area contributed by atoms with E-state index in [0.717, 1.165) is 21.5 Å². The van der Waals surface area contributed by atoms with Crippen molar-refractivity contribution >= 4 is 46.2 Å². The topological polar surface area (TPSA) is 66.9 Å². The number of imide groups is 1. The van der Waals surface area contributed by atoms with E-state index in [0.29, 0.717) is 24.6 Å². The number of morpholine rings is 1. The molecule has 2 fully saturated rings. The molecule has 0 aliphatic carbocycles. The van der Waals surface area contributed by atoms with Crippen molar-refractivity contribution < 1.29 is 19.1 Å². The van der Waals surface area contributed by atoms with Gasteiger partial charge in [-0.05, 0) is 36.2 Å². The van der Waals surface area contributed by atoms with Crippen LogP contribution in [0, 0.1) is 0 Å². The Kier molecular flexibility index (Phi) is 4.84. The Hall–Kier alpha value is -1.64. The number of thioether (sulfide) groups is 1. The molecule has 0 bridgehead atoms. The van der Waals surface area contributed by atoms with Crippen LogP contribution in [0.5, 0.6) is 0 Å². The van der Waals surface area contributed by atoms with Crippen molar-refractivity contribution in [3.8, 4) is 0 Å². The second-order valence-corrected chi connectivity index (χ2v) is 7.28. The SMILES string of the molecule is CC1CN(C(=O)CN2C(=O)S/C(=C\c3cccs3)C2=O)CCO1. The fourth-order valence-electron chi connectivity index (χ4n) is 2.42. The maximum Gasteiger partial charge on any atom is 0.294 e. The minimum Gasteiger partial charge on any atom is -0.375 e. The molecule has 0 saturated carbocycles. The first-order chi connectivity index (χ1) is 11.0. The van der Waals surface area contributed by atoms with Crippen molar-refractivity contribution in [1.29, 1.82) is 0 Å². The standard InChI is InChI=1S/C15H16N2O4S2/c1-10-8-16(4-5-21-10)13(18)9-17-14(19)12(23-15(17)20)7-11-3-2-6-22-11/h2-3,6-7,10H,4-5,8-9H2,1H3/b12-7-. The summed E-state index contributed by atoms with van der Waals surface area (Å²) in [6.07, 6.45) is 1.66. The van der Waals surface area contributed by atoms with Crippen molar-refractivity contribution in [2.24, 2.45) is 0 Å². The Bertz CT molecular complexity index is 656. The van der Waals surface area contributed by atoms with Gasteiger partial charge in [0.25, 0.3) is 11.1 Å². The lowest BCUT2D eigenvalue weighted by Gasteiger charge is -2.31. The van der Waals surface area contributed by atoms with Gasteiger partial charge >= 0.3 is 0 Å². The van der Waals surface area contributed by atoms with Gasteiger partial charge in [-0.2, -0.15) is 0 Å². The lowest BCUT2D eigenvalue weighted by molar-refractivity contribution is -0.141. The lowest BCUT2D eigenvalue weighted by atomic mass is 10.3. The summed E-state index contributed by atoms with van der Waals surface area (Å²) in [7, 11) is 0. The van der Waals surface area contributed by atoms with E-state index in [9.17, 15) is 14.4 Å². The zero-order chi connectivity index (χ0) is 16.4. The summed E-state index contributed by atoms with van der Waals surface area (Å²) in [6, 6.07) is 3.75. The zero-order valence-electron chi connectivity index (χ0n) is 12.6. The van der Waals surface area contributed by atoms with Crippen LogP contribution in [-0.2, 0) is 14.3 Å². The fraction of sp³-hybridized carbons (Fsp3) is 0.400. The van der Waals surface area contributed by atoms with Gasteiger partial charge in [-0.3, -0.25) is 19.3 Å². The van der Waals surface area contributed by atoms with Crippen LogP contribution in [0.4, 0.5) is 4.79 Å². The van der Waals surface area contributed by atoms with Crippen LogP contribution in [0.3, 0.4) is 0 Å². The molecular weight excluding hydrogens is 336 g/mol. The van der Waals surface area contributed by atoms with Crippen LogP contribution in [0.2, 0.25) is 0 Å². The molecule has 122 valence electrons. The van der Waals surface area contributed by atoms with Gasteiger partial charge in [0.2, 0.25) is 5.91 Å². The van der Waals surface area contributed by atoms with E-state index < -0.39 is 11.1 Å². The highest BCUT2D eigenvalue weighted by atomic mass is 32.2. The van der Waals surface area contributed by atoms with Gasteiger partial charge < -0.3 is 9.64 Å². The van der Waals surface area contributed by atoms with Gasteiger partial charge in [-0.1, -0.05) is 6.07 Å². The fourth-order valence-corrected chi connectivity index (χ4v) is 3.98. The van der Waals surface area contributed by atoms with Crippen LogP contribution < -0.4 is 0 Å². The second kappa shape index (κ2) is 6.86. The number of carbonyl (C=O) groups is 3. The second-order valence-electron chi connectivity index (χ2n) is 5.30. The molecule has 2 saturated heterocycles. The Labute approximate surface area is 142 Å². The van der Waals surface area contributed by atoms with Gasteiger partial charge in [0.05, 0.1) is 17.6 Å². The summed E-state index contributed by atoms with van der Waals surface area (Å²) in [6.45, 7) is 3.14. The van der Waals surface area contributed by atoms with Gasteiger partial charge in [-0.25, -0.2) is 0 Å². The summed E-state index contributed by atoms with van der Waals surface area (Å²) in [5, 5.41) is 1.51. The van der Waals surface area contributed by atoms with Crippen LogP contribution in [0.15, 0.2) is 22.4 Å². The molecule has 0 spiro atoms. The molecule has 0 N–H and O–H groups in total. The average Bonchev–Trinajstić information content (AvgIpc) is 3.12. The highest BCUT2D eigenvalue weighted by molar-refractivity contribution is 8.18. The van der Waals surface area contributed by atoms with Crippen molar-refractivity contribution in [2.45, 2.75) is 13.0 Å². The van der Waals surface area contributed by atoms with Gasteiger partial charge in [0.15, 0.2) is 0 Å². The molecule has 3 rings (SSSR count). The normalized spacial score (nSPS) is 23.9. The minimum absolute atomic E-state index is 0.0265. The molecule has 1 atom stereocenters. The van der Waals surface area contributed by atoms with Crippen LogP contribution >= 0.6 is 23.1 Å². The van der Waals surface area contributed by atoms with E-state index in [-0.39, 0.29) is 18.6 Å². The molecule has 8 heteroatoms. The first kappa shape index (κ1) is 16.2. The molecule has 1 aromatic heterocycles. The third-order valence-electron chi connectivity index (χ3n) is 3.58. The van der Waals surface area contributed by atoms with Crippen molar-refractivity contribution in [3.63, 3.8) is 0 Å². The Morgan fingerprint density at radius 2 is 2.30 bits per heavy atom. The number of carbonyl (C=O) groups excluding carboxylic acids is 3. The van der Waals surface area contributed by atoms with E-state index in [4.69, 9.17) is 4.74 Å². The van der Waals surface area contributed by atoms with E-state index in [1.807, 2.05) is 24.4 Å². The van der Waals surface area contributed by atoms with Crippen LogP contribution in [-0.4, -0.2) is 59.2 Å². The first-order valence-electron chi connectivity index (χ1n) is 7.23. The Morgan fingerprint density at radius 1 is 1.48 bits per heavy atom. The van der Waals surface area contributed by atoms with E-state index in [1.54, 1.807) is 11.0 Å². The number of thiophene rings is 1. The summed E-state index contributed by atoms with van der Waals surface area (Å²) >= 11 is 2.37. The lowest BCUT2D eigenvalue weighted by Crippen LogP contribution is -2.49. The highest BCUT2D eigenvalue weighted by Crippen LogP contribution is 2.32. The van der Waals surface area contributed by atoms with Crippen molar-refractivity contribution in [2.75, 3.05) is 26.2 Å². The zero-order valence-corrected chi connectivity index (χ0v) is 14.2. The summed E-state index contributed by atoms with van der Waals surface area (Å²) < 4.78 is 5.39. The predicted molar refractivity (Wildman–Crippen MR) is 89.0 cm³/mol. The van der Waals surface area contributed by atoms with Gasteiger partial charge in [0.1, 0.15) is 6.54 Å². The Morgan fingerprint density at radius 3 is 3.00 bits per heavy atom. The van der Waals surface area contributed by atoms with Crippen molar-refractivity contribution in [3.05, 3.63) is 27.3 Å². The Balaban J connectivity index is 1.67. The van der Waals surface area contributed by atoms with E-state index in [1.165, 1.54) is 11.3 Å². The number of nitrogens with zero attached hydrogens (tertiary/aromatic N) is 2. The van der Waals surface area contributed by atoms with Crippen molar-refractivity contribution in [1.82, 2.24) is 9.80 Å². The number of hydrogen-bond acceptors (Lipinski definition) is 6. The quantitative estimate of drug-likeness (QED) is 0.779. The largest absolute Gasteiger partial charge is 0.375 e. The van der Waals surface area contributed by atoms with Gasteiger partial charge in [-0.15, -0.1) is 11.3 Å². The molecule has 0 aromatic carbocycles. The molecule has 2 aliphatic heterocycles. The summed E-state index contributed by atoms with van der Waals surface area (Å²) in [4.78, 5) is 40.6. The number of rotatable bonds is 3. The number of ether oxygens (including phenoxy) is 1. The average molecular weight is 352 g/mol. The van der Waals surface area contributed by atoms with Crippen LogP contribution in [0.25, 0.3) is 6.08 Å². The molecule has 3 amide bonds. The molecule has 3 heterocycles. The molecule has 6 nitrogen and oxygen atoms in total. The maximum atomic E-state index is 12.3. The minimum atomic E-state index is -0.400. The number of hydrogen-bond donors (Lipinski definition) is 0. The third kappa shape index (κ3) is 3.65. The number of amides is 3. The predicted octanol–water partition coefficient (Wildman–Crippen LogP) is 2.03. The van der Waals surface area contributed by atoms with Crippen LogP contribution in [0.1, 0.15) is 11.8 Å². The molecular formula is C15H16N2O4S2. The molecule has 1 unspecified atom stereocenters. The first-order valence-corrected chi connectivity index (χ1v) is 8.92. The van der Waals surface area contributed by atoms with E-state index in [2.05, 4.69) is 0 Å². The monoisotopic (exact) mass is 352 g/mol. The summed E-state index contributed by atoms with van der Waals surface area (Å²) in [5.41, 5.74) is 0. The van der Waals surface area contributed by atoms with Gasteiger partial charge in [0, 0.05) is 18.0 Å². The molecule has 1 aromatic rings. The molecule has 0 radical (unpaired) electrons.